The average molecular weight is 166 g/mol. The smallest absolute Gasteiger partial charge is 0.0467 e. The molecule has 1 N–H and O–H groups in total. The minimum absolute atomic E-state index is 0.306. The molecule has 0 fully saturated rings. The second-order valence-corrected chi connectivity index (χ2v) is 3.80. The number of aliphatic hydroxyl groups is 1. The summed E-state index contributed by atoms with van der Waals surface area (Å²) in [4.78, 5) is 0. The molecule has 0 saturated carbocycles. The van der Waals surface area contributed by atoms with Crippen LogP contribution in [0.25, 0.3) is 0 Å². The van der Waals surface area contributed by atoms with E-state index in [0.29, 0.717) is 24.4 Å². The molecular weight excluding hydrogens is 148 g/mol. The van der Waals surface area contributed by atoms with Crippen molar-refractivity contribution >= 4 is 0 Å². The maximum atomic E-state index is 9.19. The second-order valence-electron chi connectivity index (χ2n) is 3.80. The highest BCUT2D eigenvalue weighted by Gasteiger charge is 2.21. The van der Waals surface area contributed by atoms with Crippen molar-refractivity contribution in [3.63, 3.8) is 0 Å². The first kappa shape index (κ1) is 9.53. The third-order valence-corrected chi connectivity index (χ3v) is 2.63. The van der Waals surface area contributed by atoms with Crippen LogP contribution in [-0.2, 0) is 0 Å². The van der Waals surface area contributed by atoms with Gasteiger partial charge in [0.15, 0.2) is 0 Å². The van der Waals surface area contributed by atoms with E-state index in [-0.39, 0.29) is 0 Å². The minimum Gasteiger partial charge on any atom is -0.396 e. The summed E-state index contributed by atoms with van der Waals surface area (Å²) in [7, 11) is 0. The molecule has 68 valence electrons. The normalized spacial score (nSPS) is 24.8. The van der Waals surface area contributed by atoms with E-state index in [1.54, 1.807) is 0 Å². The SMILES string of the molecule is CC(C)[C@H](CO)C1C=CC=CC1. The monoisotopic (exact) mass is 166 g/mol. The Balaban J connectivity index is 2.54. The van der Waals surface area contributed by atoms with Crippen LogP contribution in [-0.4, -0.2) is 11.7 Å². The summed E-state index contributed by atoms with van der Waals surface area (Å²) < 4.78 is 0. The van der Waals surface area contributed by atoms with Crippen molar-refractivity contribution in [3.8, 4) is 0 Å². The molecule has 0 spiro atoms. The zero-order valence-electron chi connectivity index (χ0n) is 7.90. The summed E-state index contributed by atoms with van der Waals surface area (Å²) >= 11 is 0. The Morgan fingerprint density at radius 2 is 2.17 bits per heavy atom. The lowest BCUT2D eigenvalue weighted by atomic mass is 9.80. The van der Waals surface area contributed by atoms with Gasteiger partial charge in [-0.25, -0.2) is 0 Å². The van der Waals surface area contributed by atoms with Crippen LogP contribution >= 0.6 is 0 Å². The van der Waals surface area contributed by atoms with Crippen molar-refractivity contribution in [1.82, 2.24) is 0 Å². The van der Waals surface area contributed by atoms with Crippen molar-refractivity contribution in [2.24, 2.45) is 17.8 Å². The Morgan fingerprint density at radius 1 is 1.42 bits per heavy atom. The van der Waals surface area contributed by atoms with Crippen molar-refractivity contribution in [1.29, 1.82) is 0 Å². The zero-order chi connectivity index (χ0) is 8.97. The molecule has 1 aliphatic carbocycles. The predicted molar refractivity (Wildman–Crippen MR) is 51.8 cm³/mol. The summed E-state index contributed by atoms with van der Waals surface area (Å²) in [6, 6.07) is 0. The van der Waals surface area contributed by atoms with E-state index in [2.05, 4.69) is 38.2 Å². The van der Waals surface area contributed by atoms with E-state index < -0.39 is 0 Å². The van der Waals surface area contributed by atoms with Crippen molar-refractivity contribution in [2.45, 2.75) is 20.3 Å². The molecule has 0 saturated heterocycles. The highest BCUT2D eigenvalue weighted by molar-refractivity contribution is 5.11. The van der Waals surface area contributed by atoms with Crippen LogP contribution in [0.5, 0.6) is 0 Å². The van der Waals surface area contributed by atoms with Gasteiger partial charge in [0.2, 0.25) is 0 Å². The van der Waals surface area contributed by atoms with Crippen molar-refractivity contribution < 1.29 is 5.11 Å². The molecule has 1 heteroatoms. The summed E-state index contributed by atoms with van der Waals surface area (Å²) in [6.45, 7) is 4.65. The lowest BCUT2D eigenvalue weighted by Crippen LogP contribution is -2.22. The van der Waals surface area contributed by atoms with Crippen LogP contribution < -0.4 is 0 Å². The molecule has 0 radical (unpaired) electrons. The minimum atomic E-state index is 0.306. The van der Waals surface area contributed by atoms with Crippen LogP contribution in [0.2, 0.25) is 0 Å². The highest BCUT2D eigenvalue weighted by atomic mass is 16.3. The first-order valence-corrected chi connectivity index (χ1v) is 4.70. The van der Waals surface area contributed by atoms with Gasteiger partial charge in [0, 0.05) is 6.61 Å². The van der Waals surface area contributed by atoms with Crippen LogP contribution in [0.3, 0.4) is 0 Å². The van der Waals surface area contributed by atoms with Crippen molar-refractivity contribution in [2.75, 3.05) is 6.61 Å². The third-order valence-electron chi connectivity index (χ3n) is 2.63. The Kier molecular flexibility index (Phi) is 3.54. The predicted octanol–water partition coefficient (Wildman–Crippen LogP) is 2.38. The van der Waals surface area contributed by atoms with E-state index in [1.807, 2.05) is 0 Å². The van der Waals surface area contributed by atoms with Gasteiger partial charge in [0.25, 0.3) is 0 Å². The van der Waals surface area contributed by atoms with Crippen LogP contribution in [0.4, 0.5) is 0 Å². The van der Waals surface area contributed by atoms with Gasteiger partial charge in [-0.05, 0) is 24.2 Å². The highest BCUT2D eigenvalue weighted by Crippen LogP contribution is 2.26. The largest absolute Gasteiger partial charge is 0.396 e. The maximum absolute atomic E-state index is 9.19. The van der Waals surface area contributed by atoms with Gasteiger partial charge in [-0.2, -0.15) is 0 Å². The molecule has 1 nitrogen and oxygen atoms in total. The van der Waals surface area contributed by atoms with E-state index in [9.17, 15) is 5.11 Å². The van der Waals surface area contributed by atoms with Gasteiger partial charge in [0.1, 0.15) is 0 Å². The molecule has 1 aliphatic rings. The van der Waals surface area contributed by atoms with Gasteiger partial charge in [-0.1, -0.05) is 38.2 Å². The molecule has 0 heterocycles. The number of aliphatic hydroxyl groups excluding tert-OH is 1. The Labute approximate surface area is 74.8 Å². The third kappa shape index (κ3) is 2.21. The molecule has 1 rings (SSSR count). The fourth-order valence-corrected chi connectivity index (χ4v) is 1.76. The van der Waals surface area contributed by atoms with Crippen LogP contribution in [0.15, 0.2) is 24.3 Å². The first-order valence-electron chi connectivity index (χ1n) is 4.70. The van der Waals surface area contributed by atoms with E-state index >= 15 is 0 Å². The molecule has 0 aliphatic heterocycles. The molecule has 2 atom stereocenters. The number of hydrogen-bond acceptors (Lipinski definition) is 1. The van der Waals surface area contributed by atoms with Crippen molar-refractivity contribution in [3.05, 3.63) is 24.3 Å². The first-order chi connectivity index (χ1) is 5.75. The lowest BCUT2D eigenvalue weighted by molar-refractivity contribution is 0.154. The average Bonchev–Trinajstić information content (AvgIpc) is 2.07. The molecule has 12 heavy (non-hydrogen) atoms. The molecule has 0 amide bonds. The van der Waals surface area contributed by atoms with Gasteiger partial charge >= 0.3 is 0 Å². The Morgan fingerprint density at radius 3 is 2.58 bits per heavy atom. The van der Waals surface area contributed by atoms with E-state index in [0.717, 1.165) is 6.42 Å². The summed E-state index contributed by atoms with van der Waals surface area (Å²) in [6.07, 6.45) is 9.63. The Hall–Kier alpha value is -0.560. The van der Waals surface area contributed by atoms with Gasteiger partial charge in [0.05, 0.1) is 0 Å². The number of rotatable bonds is 3. The van der Waals surface area contributed by atoms with Crippen LogP contribution in [0.1, 0.15) is 20.3 Å². The standard InChI is InChI=1S/C11H18O/c1-9(2)11(8-12)10-6-4-3-5-7-10/h3-6,9-12H,7-8H2,1-2H3/t10?,11-/m0/s1. The number of allylic oxidation sites excluding steroid dienone is 4. The molecule has 0 aromatic rings. The molecular formula is C11H18O. The van der Waals surface area contributed by atoms with Gasteiger partial charge < -0.3 is 5.11 Å². The zero-order valence-corrected chi connectivity index (χ0v) is 7.90. The molecule has 1 unspecified atom stereocenters. The summed E-state index contributed by atoms with van der Waals surface area (Å²) in [5.74, 6) is 1.53. The molecule has 0 aromatic heterocycles. The second kappa shape index (κ2) is 4.46. The maximum Gasteiger partial charge on any atom is 0.0467 e. The van der Waals surface area contributed by atoms with Gasteiger partial charge in [-0.3, -0.25) is 0 Å². The molecule has 0 aromatic carbocycles. The molecule has 0 bridgehead atoms. The van der Waals surface area contributed by atoms with E-state index in [1.165, 1.54) is 0 Å². The lowest BCUT2D eigenvalue weighted by Gasteiger charge is -2.26. The van der Waals surface area contributed by atoms with Crippen LogP contribution in [0, 0.1) is 17.8 Å². The fraction of sp³-hybridized carbons (Fsp3) is 0.636. The number of hydrogen-bond donors (Lipinski definition) is 1. The quantitative estimate of drug-likeness (QED) is 0.682. The fourth-order valence-electron chi connectivity index (χ4n) is 1.76. The van der Waals surface area contributed by atoms with Gasteiger partial charge in [-0.15, -0.1) is 0 Å². The summed E-state index contributed by atoms with van der Waals surface area (Å²) in [5, 5.41) is 9.19. The Bertz CT molecular complexity index is 179. The van der Waals surface area contributed by atoms with E-state index in [4.69, 9.17) is 0 Å². The summed E-state index contributed by atoms with van der Waals surface area (Å²) in [5.41, 5.74) is 0. The topological polar surface area (TPSA) is 20.2 Å².